The van der Waals surface area contributed by atoms with Gasteiger partial charge in [0.25, 0.3) is 0 Å². The van der Waals surface area contributed by atoms with Gasteiger partial charge in [0.1, 0.15) is 29.1 Å². The average Bonchev–Trinajstić information content (AvgIpc) is 2.61. The molecule has 0 fully saturated rings. The molecule has 0 atom stereocenters. The molecule has 0 aliphatic carbocycles. The Morgan fingerprint density at radius 1 is 0.826 bits per heavy atom. The van der Waals surface area contributed by atoms with E-state index in [1.54, 1.807) is 57.7 Å². The summed E-state index contributed by atoms with van der Waals surface area (Å²) in [7, 11) is 4.69. The number of rotatable bonds is 4. The van der Waals surface area contributed by atoms with Gasteiger partial charge < -0.3 is 18.6 Å². The Labute approximate surface area is 133 Å². The second-order valence-corrected chi connectivity index (χ2v) is 4.94. The number of fused-ring (bicyclic) bond motifs is 1. The summed E-state index contributed by atoms with van der Waals surface area (Å²) in [5, 5.41) is 0.491. The van der Waals surface area contributed by atoms with Crippen molar-refractivity contribution in [3.63, 3.8) is 0 Å². The standard InChI is InChI=1S/C18H16O5/c1-20-12-4-5-15-17(9-12)23-10-16(18(15)19)11-6-13(21-2)8-14(7-11)22-3/h4-10H,1-3H3. The Balaban J connectivity index is 2.21. The molecule has 0 N–H and O–H groups in total. The number of hydrogen-bond acceptors (Lipinski definition) is 5. The molecule has 0 saturated heterocycles. The Morgan fingerprint density at radius 3 is 2.09 bits per heavy atom. The van der Waals surface area contributed by atoms with Crippen molar-refractivity contribution in [2.75, 3.05) is 21.3 Å². The van der Waals surface area contributed by atoms with E-state index < -0.39 is 0 Å². The third-order valence-corrected chi connectivity index (χ3v) is 3.64. The summed E-state index contributed by atoms with van der Waals surface area (Å²) in [6.45, 7) is 0. The topological polar surface area (TPSA) is 57.9 Å². The van der Waals surface area contributed by atoms with E-state index in [1.807, 2.05) is 0 Å². The third kappa shape index (κ3) is 2.73. The van der Waals surface area contributed by atoms with Crippen LogP contribution in [0.3, 0.4) is 0 Å². The van der Waals surface area contributed by atoms with Gasteiger partial charge in [-0.15, -0.1) is 0 Å². The molecule has 5 heteroatoms. The van der Waals surface area contributed by atoms with Gasteiger partial charge in [-0.25, -0.2) is 0 Å². The lowest BCUT2D eigenvalue weighted by Gasteiger charge is -2.09. The summed E-state index contributed by atoms with van der Waals surface area (Å²) in [5.41, 5.74) is 1.48. The van der Waals surface area contributed by atoms with Crippen LogP contribution in [0.1, 0.15) is 0 Å². The Morgan fingerprint density at radius 2 is 1.48 bits per heavy atom. The normalized spacial score (nSPS) is 10.6. The minimum atomic E-state index is -0.121. The van der Waals surface area contributed by atoms with E-state index >= 15 is 0 Å². The first-order chi connectivity index (χ1) is 11.2. The number of benzene rings is 2. The molecule has 0 spiro atoms. The van der Waals surface area contributed by atoms with Crippen molar-refractivity contribution >= 4 is 11.0 Å². The van der Waals surface area contributed by atoms with Gasteiger partial charge >= 0.3 is 0 Å². The molecule has 2 aromatic carbocycles. The van der Waals surface area contributed by atoms with Gasteiger partial charge in [-0.2, -0.15) is 0 Å². The van der Waals surface area contributed by atoms with Crippen LogP contribution in [-0.4, -0.2) is 21.3 Å². The summed E-state index contributed by atoms with van der Waals surface area (Å²) < 4.78 is 21.2. The van der Waals surface area contributed by atoms with Gasteiger partial charge in [-0.1, -0.05) is 0 Å². The molecule has 118 valence electrons. The molecule has 1 heterocycles. The van der Waals surface area contributed by atoms with Crippen LogP contribution in [0.5, 0.6) is 17.2 Å². The number of ether oxygens (including phenoxy) is 3. The van der Waals surface area contributed by atoms with Crippen LogP contribution >= 0.6 is 0 Å². The second kappa shape index (κ2) is 6.04. The molecule has 0 amide bonds. The molecule has 23 heavy (non-hydrogen) atoms. The zero-order valence-corrected chi connectivity index (χ0v) is 13.1. The highest BCUT2D eigenvalue weighted by atomic mass is 16.5. The van der Waals surface area contributed by atoms with Crippen LogP contribution in [0.25, 0.3) is 22.1 Å². The number of methoxy groups -OCH3 is 3. The molecule has 0 saturated carbocycles. The molecule has 0 aliphatic rings. The van der Waals surface area contributed by atoms with Crippen molar-refractivity contribution in [2.24, 2.45) is 0 Å². The molecule has 3 aromatic rings. The quantitative estimate of drug-likeness (QED) is 0.738. The fraction of sp³-hybridized carbons (Fsp3) is 0.167. The molecule has 0 bridgehead atoms. The summed E-state index contributed by atoms with van der Waals surface area (Å²) in [4.78, 5) is 12.7. The fourth-order valence-corrected chi connectivity index (χ4v) is 2.40. The zero-order valence-electron chi connectivity index (χ0n) is 13.1. The van der Waals surface area contributed by atoms with E-state index in [9.17, 15) is 4.79 Å². The first-order valence-electron chi connectivity index (χ1n) is 6.99. The molecule has 5 nitrogen and oxygen atoms in total. The van der Waals surface area contributed by atoms with E-state index in [2.05, 4.69) is 0 Å². The van der Waals surface area contributed by atoms with Gasteiger partial charge in [-0.05, 0) is 29.8 Å². The van der Waals surface area contributed by atoms with Crippen LogP contribution < -0.4 is 19.6 Å². The molecule has 0 aliphatic heterocycles. The lowest BCUT2D eigenvalue weighted by atomic mass is 10.0. The van der Waals surface area contributed by atoms with Crippen molar-refractivity contribution < 1.29 is 18.6 Å². The predicted molar refractivity (Wildman–Crippen MR) is 87.6 cm³/mol. The molecule has 0 unspecified atom stereocenters. The first-order valence-corrected chi connectivity index (χ1v) is 6.99. The molecule has 0 radical (unpaired) electrons. The van der Waals surface area contributed by atoms with E-state index in [0.29, 0.717) is 39.3 Å². The monoisotopic (exact) mass is 312 g/mol. The summed E-state index contributed by atoms with van der Waals surface area (Å²) in [6, 6.07) is 10.4. The van der Waals surface area contributed by atoms with Crippen molar-refractivity contribution in [3.8, 4) is 28.4 Å². The Bertz CT molecular complexity index is 889. The zero-order chi connectivity index (χ0) is 16.4. The van der Waals surface area contributed by atoms with Crippen molar-refractivity contribution in [3.05, 3.63) is 52.9 Å². The van der Waals surface area contributed by atoms with E-state index in [-0.39, 0.29) is 5.43 Å². The van der Waals surface area contributed by atoms with Crippen LogP contribution in [0.2, 0.25) is 0 Å². The smallest absolute Gasteiger partial charge is 0.200 e. The highest BCUT2D eigenvalue weighted by Crippen LogP contribution is 2.29. The highest BCUT2D eigenvalue weighted by molar-refractivity contribution is 5.83. The molecular weight excluding hydrogens is 296 g/mol. The number of hydrogen-bond donors (Lipinski definition) is 0. The fourth-order valence-electron chi connectivity index (χ4n) is 2.40. The van der Waals surface area contributed by atoms with Gasteiger partial charge in [0.15, 0.2) is 5.43 Å². The van der Waals surface area contributed by atoms with Crippen LogP contribution in [-0.2, 0) is 0 Å². The van der Waals surface area contributed by atoms with E-state index in [0.717, 1.165) is 0 Å². The minimum Gasteiger partial charge on any atom is -0.497 e. The van der Waals surface area contributed by atoms with E-state index in [4.69, 9.17) is 18.6 Å². The molecule has 1 aromatic heterocycles. The average molecular weight is 312 g/mol. The summed E-state index contributed by atoms with van der Waals surface area (Å²) in [5.74, 6) is 1.85. The maximum absolute atomic E-state index is 12.7. The van der Waals surface area contributed by atoms with E-state index in [1.165, 1.54) is 6.26 Å². The van der Waals surface area contributed by atoms with Crippen molar-refractivity contribution in [1.29, 1.82) is 0 Å². The van der Waals surface area contributed by atoms with Gasteiger partial charge in [-0.3, -0.25) is 4.79 Å². The lowest BCUT2D eigenvalue weighted by Crippen LogP contribution is -2.05. The summed E-state index contributed by atoms with van der Waals surface area (Å²) >= 11 is 0. The highest BCUT2D eigenvalue weighted by Gasteiger charge is 2.12. The Hall–Kier alpha value is -2.95. The van der Waals surface area contributed by atoms with Gasteiger partial charge in [0, 0.05) is 12.1 Å². The Kier molecular flexibility index (Phi) is 3.93. The second-order valence-electron chi connectivity index (χ2n) is 4.94. The van der Waals surface area contributed by atoms with Gasteiger partial charge in [0.05, 0.1) is 32.3 Å². The maximum Gasteiger partial charge on any atom is 0.200 e. The molecule has 3 rings (SSSR count). The van der Waals surface area contributed by atoms with Gasteiger partial charge in [0.2, 0.25) is 0 Å². The lowest BCUT2D eigenvalue weighted by molar-refractivity contribution is 0.394. The predicted octanol–water partition coefficient (Wildman–Crippen LogP) is 3.49. The van der Waals surface area contributed by atoms with Crippen LogP contribution in [0.4, 0.5) is 0 Å². The minimum absolute atomic E-state index is 0.121. The SMILES string of the molecule is COc1cc(OC)cc(-c2coc3cc(OC)ccc3c2=O)c1. The summed E-state index contributed by atoms with van der Waals surface area (Å²) in [6.07, 6.45) is 1.44. The van der Waals surface area contributed by atoms with Crippen LogP contribution in [0.15, 0.2) is 51.9 Å². The van der Waals surface area contributed by atoms with Crippen LogP contribution in [0, 0.1) is 0 Å². The first kappa shape index (κ1) is 15.0. The van der Waals surface area contributed by atoms with Crippen molar-refractivity contribution in [2.45, 2.75) is 0 Å². The maximum atomic E-state index is 12.7. The van der Waals surface area contributed by atoms with Crippen molar-refractivity contribution in [1.82, 2.24) is 0 Å². The third-order valence-electron chi connectivity index (χ3n) is 3.64. The largest absolute Gasteiger partial charge is 0.497 e. The molecular formula is C18H16O5.